The Bertz CT molecular complexity index is 1330. The Hall–Kier alpha value is -3.58. The molecule has 2 aliphatic rings. The highest BCUT2D eigenvalue weighted by Gasteiger charge is 2.42. The SMILES string of the molecule is O=C(OC1CCC2C(=O)C(Oc3ccccc3Cl)=COC2C1)c1cc2ccccc2oc1=O. The average Bonchev–Trinajstić information content (AvgIpc) is 2.81. The quantitative estimate of drug-likeness (QED) is 0.408. The number of esters is 1. The molecule has 0 N–H and O–H groups in total. The maximum absolute atomic E-state index is 12.9. The number of Topliss-reactive ketones (excluding diaryl/α,β-unsaturated/α-hetero) is 1. The molecule has 2 heterocycles. The van der Waals surface area contributed by atoms with Gasteiger partial charge in [0.2, 0.25) is 11.5 Å². The first-order valence-corrected chi connectivity index (χ1v) is 10.9. The molecule has 7 nitrogen and oxygen atoms in total. The zero-order valence-corrected chi connectivity index (χ0v) is 18.1. The number of hydrogen-bond acceptors (Lipinski definition) is 7. The molecule has 5 rings (SSSR count). The molecule has 1 aliphatic carbocycles. The Kier molecular flexibility index (Phi) is 5.64. The van der Waals surface area contributed by atoms with Crippen molar-refractivity contribution in [3.05, 3.63) is 87.6 Å². The number of fused-ring (bicyclic) bond motifs is 2. The van der Waals surface area contributed by atoms with E-state index < -0.39 is 29.7 Å². The summed E-state index contributed by atoms with van der Waals surface area (Å²) in [5.74, 6) is -0.871. The minimum atomic E-state index is -0.752. The van der Waals surface area contributed by atoms with Crippen molar-refractivity contribution in [3.63, 3.8) is 0 Å². The second kappa shape index (κ2) is 8.75. The maximum atomic E-state index is 12.9. The molecule has 1 aliphatic heterocycles. The van der Waals surface area contributed by atoms with E-state index in [0.29, 0.717) is 41.0 Å². The van der Waals surface area contributed by atoms with Gasteiger partial charge in [0.05, 0.1) is 10.9 Å². The van der Waals surface area contributed by atoms with Crippen LogP contribution in [0, 0.1) is 5.92 Å². The third-order valence-electron chi connectivity index (χ3n) is 5.86. The van der Waals surface area contributed by atoms with Gasteiger partial charge >= 0.3 is 11.6 Å². The van der Waals surface area contributed by atoms with E-state index in [0.717, 1.165) is 0 Å². The van der Waals surface area contributed by atoms with Crippen LogP contribution in [0.15, 0.2) is 75.8 Å². The van der Waals surface area contributed by atoms with E-state index in [1.54, 1.807) is 48.5 Å². The molecule has 0 radical (unpaired) electrons. The van der Waals surface area contributed by atoms with Gasteiger partial charge in [-0.05, 0) is 37.1 Å². The Balaban J connectivity index is 1.26. The molecule has 33 heavy (non-hydrogen) atoms. The van der Waals surface area contributed by atoms with E-state index in [2.05, 4.69) is 0 Å². The third-order valence-corrected chi connectivity index (χ3v) is 6.18. The molecule has 0 amide bonds. The molecule has 3 atom stereocenters. The predicted octanol–water partition coefficient (Wildman–Crippen LogP) is 4.66. The number of carbonyl (C=O) groups excluding carboxylic acids is 2. The van der Waals surface area contributed by atoms with E-state index in [-0.39, 0.29) is 17.1 Å². The Morgan fingerprint density at radius 2 is 1.82 bits per heavy atom. The van der Waals surface area contributed by atoms with Crippen LogP contribution in [0.4, 0.5) is 0 Å². The number of carbonyl (C=O) groups is 2. The molecule has 0 spiro atoms. The third kappa shape index (κ3) is 4.24. The molecule has 8 heteroatoms. The van der Waals surface area contributed by atoms with Crippen molar-refractivity contribution in [1.29, 1.82) is 0 Å². The normalized spacial score (nSPS) is 22.2. The summed E-state index contributed by atoms with van der Waals surface area (Å²) in [7, 11) is 0. The highest BCUT2D eigenvalue weighted by molar-refractivity contribution is 6.32. The second-order valence-electron chi connectivity index (χ2n) is 7.99. The number of halogens is 1. The van der Waals surface area contributed by atoms with Gasteiger partial charge in [-0.2, -0.15) is 0 Å². The highest BCUT2D eigenvalue weighted by atomic mass is 35.5. The summed E-state index contributed by atoms with van der Waals surface area (Å²) in [5, 5.41) is 1.02. The lowest BCUT2D eigenvalue weighted by molar-refractivity contribution is -0.132. The number of ketones is 1. The highest BCUT2D eigenvalue weighted by Crippen LogP contribution is 2.36. The van der Waals surface area contributed by atoms with E-state index >= 15 is 0 Å². The first-order chi connectivity index (χ1) is 16.0. The fourth-order valence-corrected chi connectivity index (χ4v) is 4.35. The molecule has 1 saturated carbocycles. The first kappa shape index (κ1) is 21.3. The van der Waals surface area contributed by atoms with Crippen LogP contribution >= 0.6 is 11.6 Å². The predicted molar refractivity (Wildman–Crippen MR) is 119 cm³/mol. The second-order valence-corrected chi connectivity index (χ2v) is 8.39. The molecule has 168 valence electrons. The summed E-state index contributed by atoms with van der Waals surface area (Å²) in [5.41, 5.74) is -0.511. The van der Waals surface area contributed by atoms with Gasteiger partial charge in [-0.3, -0.25) is 4.79 Å². The lowest BCUT2D eigenvalue weighted by atomic mass is 9.80. The minimum Gasteiger partial charge on any atom is -0.493 e. The Labute approximate surface area is 193 Å². The summed E-state index contributed by atoms with van der Waals surface area (Å²) >= 11 is 6.11. The summed E-state index contributed by atoms with van der Waals surface area (Å²) in [6.45, 7) is 0. The molecule has 2 aromatic carbocycles. The monoisotopic (exact) mass is 466 g/mol. The van der Waals surface area contributed by atoms with Crippen molar-refractivity contribution in [1.82, 2.24) is 0 Å². The van der Waals surface area contributed by atoms with Crippen LogP contribution < -0.4 is 10.4 Å². The molecule has 3 unspecified atom stereocenters. The average molecular weight is 467 g/mol. The Morgan fingerprint density at radius 3 is 2.67 bits per heavy atom. The van der Waals surface area contributed by atoms with Crippen LogP contribution in [-0.4, -0.2) is 24.0 Å². The van der Waals surface area contributed by atoms with Crippen molar-refractivity contribution in [3.8, 4) is 5.75 Å². The molecule has 3 aromatic rings. The van der Waals surface area contributed by atoms with Gasteiger partial charge in [0.15, 0.2) is 0 Å². The van der Waals surface area contributed by atoms with Crippen LogP contribution in [-0.2, 0) is 14.3 Å². The van der Waals surface area contributed by atoms with Gasteiger partial charge in [-0.25, -0.2) is 9.59 Å². The number of ether oxygens (including phenoxy) is 3. The molecular weight excluding hydrogens is 448 g/mol. The maximum Gasteiger partial charge on any atom is 0.351 e. The first-order valence-electron chi connectivity index (χ1n) is 10.6. The fraction of sp³-hybridized carbons (Fsp3) is 0.240. The molecule has 1 fully saturated rings. The molecule has 1 aromatic heterocycles. The fourth-order valence-electron chi connectivity index (χ4n) is 4.18. The van der Waals surface area contributed by atoms with Crippen LogP contribution in [0.25, 0.3) is 11.0 Å². The molecule has 0 saturated heterocycles. The van der Waals surface area contributed by atoms with Crippen molar-refractivity contribution >= 4 is 34.3 Å². The van der Waals surface area contributed by atoms with Crippen LogP contribution in [0.2, 0.25) is 5.02 Å². The van der Waals surface area contributed by atoms with Gasteiger partial charge in [0.1, 0.15) is 35.4 Å². The summed E-state index contributed by atoms with van der Waals surface area (Å²) in [6, 6.07) is 15.3. The number of para-hydroxylation sites is 2. The van der Waals surface area contributed by atoms with Crippen LogP contribution in [0.1, 0.15) is 29.6 Å². The van der Waals surface area contributed by atoms with E-state index in [9.17, 15) is 14.4 Å². The lowest BCUT2D eigenvalue weighted by Crippen LogP contribution is -2.43. The van der Waals surface area contributed by atoms with Gasteiger partial charge in [0, 0.05) is 11.8 Å². The van der Waals surface area contributed by atoms with Crippen LogP contribution in [0.3, 0.4) is 0 Å². The van der Waals surface area contributed by atoms with Gasteiger partial charge < -0.3 is 18.6 Å². The van der Waals surface area contributed by atoms with E-state index in [1.807, 2.05) is 0 Å². The van der Waals surface area contributed by atoms with Crippen molar-refractivity contribution in [2.45, 2.75) is 31.5 Å². The lowest BCUT2D eigenvalue weighted by Gasteiger charge is -2.36. The van der Waals surface area contributed by atoms with Gasteiger partial charge in [-0.15, -0.1) is 0 Å². The zero-order chi connectivity index (χ0) is 22.9. The number of rotatable bonds is 4. The van der Waals surface area contributed by atoms with E-state index in [4.69, 9.17) is 30.2 Å². The molecule has 0 bridgehead atoms. The Morgan fingerprint density at radius 1 is 1.03 bits per heavy atom. The summed E-state index contributed by atoms with van der Waals surface area (Å²) in [6.07, 6.45) is 1.59. The van der Waals surface area contributed by atoms with Crippen molar-refractivity contribution in [2.24, 2.45) is 5.92 Å². The van der Waals surface area contributed by atoms with E-state index in [1.165, 1.54) is 12.3 Å². The molecular formula is C25H19ClO7. The van der Waals surface area contributed by atoms with Crippen LogP contribution in [0.5, 0.6) is 5.75 Å². The zero-order valence-electron chi connectivity index (χ0n) is 17.4. The topological polar surface area (TPSA) is 92.0 Å². The number of hydrogen-bond donors (Lipinski definition) is 0. The standard InChI is InChI=1S/C25H19ClO7/c26-18-6-2-4-8-20(18)32-22-13-30-21-12-15(9-10-16(21)23(22)27)31-24(28)17-11-14-5-1-3-7-19(14)33-25(17)29/h1-8,11,13,15-16,21H,9-10,12H2. The minimum absolute atomic E-state index is 0.0913. The largest absolute Gasteiger partial charge is 0.493 e. The number of benzene rings is 2. The summed E-state index contributed by atoms with van der Waals surface area (Å²) < 4.78 is 22.2. The van der Waals surface area contributed by atoms with Gasteiger partial charge in [-0.1, -0.05) is 41.9 Å². The number of allylic oxidation sites excluding steroid dienone is 1. The summed E-state index contributed by atoms with van der Waals surface area (Å²) in [4.78, 5) is 37.8. The smallest absolute Gasteiger partial charge is 0.351 e. The van der Waals surface area contributed by atoms with Gasteiger partial charge in [0.25, 0.3) is 0 Å². The van der Waals surface area contributed by atoms with Crippen molar-refractivity contribution in [2.75, 3.05) is 0 Å². The van der Waals surface area contributed by atoms with Crippen molar-refractivity contribution < 1.29 is 28.2 Å².